The van der Waals surface area contributed by atoms with Gasteiger partial charge in [-0.1, -0.05) is 13.8 Å². The predicted octanol–water partition coefficient (Wildman–Crippen LogP) is 2.17. The van der Waals surface area contributed by atoms with Gasteiger partial charge in [0.15, 0.2) is 0 Å². The average molecular weight is 234 g/mol. The summed E-state index contributed by atoms with van der Waals surface area (Å²) in [6.45, 7) is 6.49. The van der Waals surface area contributed by atoms with E-state index in [0.717, 1.165) is 23.7 Å². The fourth-order valence-corrected chi connectivity index (χ4v) is 3.47. The lowest BCUT2D eigenvalue weighted by molar-refractivity contribution is 0.288. The molecule has 0 spiro atoms. The number of hydrogen-bond acceptors (Lipinski definition) is 3. The normalized spacial score (nSPS) is 32.4. The summed E-state index contributed by atoms with van der Waals surface area (Å²) in [5.74, 6) is 2.71. The van der Waals surface area contributed by atoms with Crippen LogP contribution >= 0.6 is 0 Å². The number of rotatable bonds is 2. The highest BCUT2D eigenvalue weighted by molar-refractivity contribution is 5.05. The summed E-state index contributed by atoms with van der Waals surface area (Å²) in [4.78, 5) is 0. The van der Waals surface area contributed by atoms with E-state index in [1.165, 1.54) is 25.7 Å². The zero-order valence-corrected chi connectivity index (χ0v) is 11.0. The molecule has 0 saturated carbocycles. The molecule has 1 N–H and O–H groups in total. The molecule has 4 heteroatoms. The Kier molecular flexibility index (Phi) is 2.69. The summed E-state index contributed by atoms with van der Waals surface area (Å²) < 4.78 is 2.40. The van der Waals surface area contributed by atoms with Crippen LogP contribution in [-0.2, 0) is 0 Å². The van der Waals surface area contributed by atoms with Crippen molar-refractivity contribution >= 4 is 0 Å². The third kappa shape index (κ3) is 1.88. The molecule has 3 heterocycles. The number of aryl methyl sites for hydroxylation is 1. The minimum atomic E-state index is 0.462. The molecule has 2 aliphatic heterocycles. The first-order valence-electron chi connectivity index (χ1n) is 6.82. The van der Waals surface area contributed by atoms with Gasteiger partial charge in [-0.25, -0.2) is 0 Å². The van der Waals surface area contributed by atoms with E-state index in [1.807, 2.05) is 0 Å². The molecule has 0 unspecified atom stereocenters. The molecule has 2 atom stereocenters. The van der Waals surface area contributed by atoms with Gasteiger partial charge in [0.1, 0.15) is 11.6 Å². The molecule has 0 aliphatic carbocycles. The van der Waals surface area contributed by atoms with Crippen molar-refractivity contribution in [1.82, 2.24) is 20.1 Å². The monoisotopic (exact) mass is 234 g/mol. The molecule has 2 saturated heterocycles. The first-order chi connectivity index (χ1) is 8.15. The molecule has 1 aromatic rings. The van der Waals surface area contributed by atoms with Crippen LogP contribution in [0.15, 0.2) is 0 Å². The lowest BCUT2D eigenvalue weighted by Crippen LogP contribution is -2.39. The van der Waals surface area contributed by atoms with E-state index >= 15 is 0 Å². The Morgan fingerprint density at radius 1 is 1.18 bits per heavy atom. The van der Waals surface area contributed by atoms with Gasteiger partial charge in [0.05, 0.1) is 0 Å². The number of piperidine rings is 1. The molecule has 2 bridgehead atoms. The largest absolute Gasteiger partial charge is 0.312 e. The number of hydrogen-bond donors (Lipinski definition) is 1. The summed E-state index contributed by atoms with van der Waals surface area (Å²) in [6, 6.07) is 2.06. The van der Waals surface area contributed by atoms with E-state index in [2.05, 4.69) is 40.9 Å². The molecule has 0 aromatic carbocycles. The number of fused-ring (bicyclic) bond motifs is 2. The van der Waals surface area contributed by atoms with E-state index in [4.69, 9.17) is 0 Å². The number of nitrogens with zero attached hydrogens (tertiary/aromatic N) is 3. The third-order valence-electron chi connectivity index (χ3n) is 4.22. The first kappa shape index (κ1) is 11.2. The molecule has 2 fully saturated rings. The second kappa shape index (κ2) is 4.09. The summed E-state index contributed by atoms with van der Waals surface area (Å²) in [6.07, 6.45) is 5.18. The molecular formula is C13H22N4. The zero-order valence-electron chi connectivity index (χ0n) is 11.0. The van der Waals surface area contributed by atoms with Gasteiger partial charge >= 0.3 is 0 Å². The van der Waals surface area contributed by atoms with Crippen molar-refractivity contribution in [3.8, 4) is 0 Å². The Morgan fingerprint density at radius 2 is 1.82 bits per heavy atom. The van der Waals surface area contributed by atoms with Crippen LogP contribution in [0.2, 0.25) is 0 Å². The van der Waals surface area contributed by atoms with Gasteiger partial charge in [-0.15, -0.1) is 10.2 Å². The number of aromatic nitrogens is 3. The highest BCUT2D eigenvalue weighted by Gasteiger charge is 2.35. The Hall–Kier alpha value is -0.900. The van der Waals surface area contributed by atoms with Crippen molar-refractivity contribution in [3.63, 3.8) is 0 Å². The summed E-state index contributed by atoms with van der Waals surface area (Å²) in [5, 5.41) is 12.3. The van der Waals surface area contributed by atoms with Crippen LogP contribution in [0.5, 0.6) is 0 Å². The van der Waals surface area contributed by atoms with Crippen LogP contribution in [0.25, 0.3) is 0 Å². The Morgan fingerprint density at radius 3 is 2.41 bits per heavy atom. The van der Waals surface area contributed by atoms with Gasteiger partial charge in [0.25, 0.3) is 0 Å². The molecule has 0 radical (unpaired) electrons. The molecule has 3 rings (SSSR count). The maximum absolute atomic E-state index is 4.35. The van der Waals surface area contributed by atoms with E-state index in [-0.39, 0.29) is 0 Å². The van der Waals surface area contributed by atoms with Crippen LogP contribution in [0, 0.1) is 6.92 Å². The van der Waals surface area contributed by atoms with Gasteiger partial charge in [0, 0.05) is 24.0 Å². The molecule has 2 aliphatic rings. The molecular weight excluding hydrogens is 212 g/mol. The maximum Gasteiger partial charge on any atom is 0.135 e. The lowest BCUT2D eigenvalue weighted by atomic mass is 9.98. The minimum Gasteiger partial charge on any atom is -0.312 e. The smallest absolute Gasteiger partial charge is 0.135 e. The minimum absolute atomic E-state index is 0.462. The van der Waals surface area contributed by atoms with Crippen molar-refractivity contribution < 1.29 is 0 Å². The van der Waals surface area contributed by atoms with E-state index in [0.29, 0.717) is 12.0 Å². The molecule has 0 amide bonds. The third-order valence-corrected chi connectivity index (χ3v) is 4.22. The SMILES string of the molecule is Cc1nnc(C(C)C)n1C1C[C@@H]2CC[C@@H](C1)N2. The molecule has 17 heavy (non-hydrogen) atoms. The average Bonchev–Trinajstić information content (AvgIpc) is 2.82. The predicted molar refractivity (Wildman–Crippen MR) is 67.1 cm³/mol. The van der Waals surface area contributed by atoms with Crippen molar-refractivity contribution in [1.29, 1.82) is 0 Å². The Balaban J connectivity index is 1.91. The summed E-state index contributed by atoms with van der Waals surface area (Å²) >= 11 is 0. The molecule has 1 aromatic heterocycles. The van der Waals surface area contributed by atoms with Crippen molar-refractivity contribution in [2.45, 2.75) is 70.5 Å². The Labute approximate surface area is 103 Å². The second-order valence-corrected chi connectivity index (χ2v) is 5.89. The topological polar surface area (TPSA) is 42.7 Å². The highest BCUT2D eigenvalue weighted by Crippen LogP contribution is 2.35. The zero-order chi connectivity index (χ0) is 12.0. The van der Waals surface area contributed by atoms with Crippen molar-refractivity contribution in [2.75, 3.05) is 0 Å². The van der Waals surface area contributed by atoms with Crippen LogP contribution in [0.3, 0.4) is 0 Å². The summed E-state index contributed by atoms with van der Waals surface area (Å²) in [5.41, 5.74) is 0. The first-order valence-corrected chi connectivity index (χ1v) is 6.82. The van der Waals surface area contributed by atoms with Crippen molar-refractivity contribution in [3.05, 3.63) is 11.6 Å². The standard InChI is InChI=1S/C13H22N4/c1-8(2)13-16-15-9(3)17(13)12-6-10-4-5-11(7-12)14-10/h8,10-12,14H,4-7H2,1-3H3/t10-,11-/m0/s1. The van der Waals surface area contributed by atoms with Gasteiger partial charge in [-0.2, -0.15) is 0 Å². The van der Waals surface area contributed by atoms with Crippen LogP contribution in [0.4, 0.5) is 0 Å². The fourth-order valence-electron chi connectivity index (χ4n) is 3.47. The van der Waals surface area contributed by atoms with Crippen molar-refractivity contribution in [2.24, 2.45) is 0 Å². The van der Waals surface area contributed by atoms with Gasteiger partial charge < -0.3 is 9.88 Å². The van der Waals surface area contributed by atoms with E-state index in [1.54, 1.807) is 0 Å². The maximum atomic E-state index is 4.35. The van der Waals surface area contributed by atoms with E-state index < -0.39 is 0 Å². The lowest BCUT2D eigenvalue weighted by Gasteiger charge is -2.31. The molecule has 94 valence electrons. The number of nitrogens with one attached hydrogen (secondary N) is 1. The quantitative estimate of drug-likeness (QED) is 0.852. The fraction of sp³-hybridized carbons (Fsp3) is 0.846. The summed E-state index contributed by atoms with van der Waals surface area (Å²) in [7, 11) is 0. The van der Waals surface area contributed by atoms with Crippen LogP contribution < -0.4 is 5.32 Å². The second-order valence-electron chi connectivity index (χ2n) is 5.89. The van der Waals surface area contributed by atoms with E-state index in [9.17, 15) is 0 Å². The Bertz CT molecular complexity index is 398. The van der Waals surface area contributed by atoms with Crippen LogP contribution in [-0.4, -0.2) is 26.8 Å². The highest BCUT2D eigenvalue weighted by atomic mass is 15.3. The van der Waals surface area contributed by atoms with Gasteiger partial charge in [-0.05, 0) is 32.6 Å². The van der Waals surface area contributed by atoms with Gasteiger partial charge in [0.2, 0.25) is 0 Å². The van der Waals surface area contributed by atoms with Crippen LogP contribution in [0.1, 0.15) is 63.1 Å². The molecule has 4 nitrogen and oxygen atoms in total. The van der Waals surface area contributed by atoms with Gasteiger partial charge in [-0.3, -0.25) is 0 Å².